The average Bonchev–Trinajstić information content (AvgIpc) is 2.45. The molecule has 0 fully saturated rings. The molecule has 0 aromatic heterocycles. The van der Waals surface area contributed by atoms with Crippen LogP contribution in [0.1, 0.15) is 10.4 Å². The Bertz CT molecular complexity index is 605. The normalized spacial score (nSPS) is 16.7. The summed E-state index contributed by atoms with van der Waals surface area (Å²) in [5, 5.41) is 14.7. The topological polar surface area (TPSA) is 69.4 Å². The van der Waals surface area contributed by atoms with Gasteiger partial charge in [-0.25, -0.2) is 0 Å². The Labute approximate surface area is 112 Å². The molecule has 0 spiro atoms. The summed E-state index contributed by atoms with van der Waals surface area (Å²) in [6, 6.07) is 4.17. The van der Waals surface area contributed by atoms with E-state index < -0.39 is 4.92 Å². The number of carbonyl (C=O) groups is 1. The molecule has 5 nitrogen and oxygen atoms in total. The zero-order chi connectivity index (χ0) is 13.7. The van der Waals surface area contributed by atoms with Crippen LogP contribution in [0.5, 0.6) is 5.75 Å². The second-order valence-electron chi connectivity index (χ2n) is 3.68. The average molecular weight is 277 g/mol. The van der Waals surface area contributed by atoms with E-state index in [1.807, 2.05) is 29.0 Å². The maximum atomic E-state index is 10.8. The SMILES string of the molecule is O=Cc1cc(OCS2=CC=CC=C2)ccc1[N+](=O)[O-]. The maximum Gasteiger partial charge on any atom is 0.280 e. The van der Waals surface area contributed by atoms with Crippen molar-refractivity contribution in [2.75, 3.05) is 5.94 Å². The molecule has 1 atom stereocenters. The zero-order valence-electron chi connectivity index (χ0n) is 9.89. The Balaban J connectivity index is 2.11. The molecule has 0 bridgehead atoms. The van der Waals surface area contributed by atoms with Gasteiger partial charge in [-0.2, -0.15) is 0 Å². The lowest BCUT2D eigenvalue weighted by atomic mass is 10.2. The van der Waals surface area contributed by atoms with Crippen molar-refractivity contribution in [1.82, 2.24) is 0 Å². The summed E-state index contributed by atoms with van der Waals surface area (Å²) in [4.78, 5) is 20.9. The van der Waals surface area contributed by atoms with E-state index in [4.69, 9.17) is 4.74 Å². The van der Waals surface area contributed by atoms with E-state index in [-0.39, 0.29) is 21.7 Å². The maximum absolute atomic E-state index is 10.8. The van der Waals surface area contributed by atoms with Crippen LogP contribution >= 0.6 is 10.5 Å². The van der Waals surface area contributed by atoms with E-state index in [1.54, 1.807) is 0 Å². The van der Waals surface area contributed by atoms with Crippen LogP contribution in [0, 0.1) is 10.1 Å². The predicted molar refractivity (Wildman–Crippen MR) is 75.9 cm³/mol. The number of aldehydes is 1. The van der Waals surface area contributed by atoms with Gasteiger partial charge in [0.1, 0.15) is 11.7 Å². The molecular formula is C13H11NO4S. The smallest absolute Gasteiger partial charge is 0.280 e. The Hall–Kier alpha value is -2.21. The molecule has 0 N–H and O–H groups in total. The molecule has 0 aliphatic carbocycles. The number of carbonyl (C=O) groups excluding carboxylic acids is 1. The lowest BCUT2D eigenvalue weighted by molar-refractivity contribution is -0.385. The van der Waals surface area contributed by atoms with Crippen molar-refractivity contribution in [3.63, 3.8) is 0 Å². The molecule has 0 saturated carbocycles. The standard InChI is InChI=1S/C13H11NO4S/c15-9-11-8-12(4-5-13(11)14(16)17)18-10-19-6-2-1-3-7-19/h1-9H,10H2. The second-order valence-corrected chi connectivity index (χ2v) is 5.40. The van der Waals surface area contributed by atoms with Crippen molar-refractivity contribution >= 4 is 27.8 Å². The van der Waals surface area contributed by atoms with Crippen molar-refractivity contribution in [3.05, 3.63) is 57.5 Å². The second kappa shape index (κ2) is 6.10. The largest absolute Gasteiger partial charge is 0.483 e. The molecule has 0 amide bonds. The quantitative estimate of drug-likeness (QED) is 0.359. The number of hydrogen-bond donors (Lipinski definition) is 0. The Morgan fingerprint density at radius 3 is 2.79 bits per heavy atom. The van der Waals surface area contributed by atoms with Gasteiger partial charge in [-0.05, 0) is 22.9 Å². The minimum Gasteiger partial charge on any atom is -0.483 e. The summed E-state index contributed by atoms with van der Waals surface area (Å²) in [6.45, 7) is 0. The van der Waals surface area contributed by atoms with Gasteiger partial charge in [0, 0.05) is 6.07 Å². The molecule has 0 radical (unpaired) electrons. The molecule has 2 rings (SSSR count). The molecule has 6 heteroatoms. The van der Waals surface area contributed by atoms with Gasteiger partial charge in [-0.1, -0.05) is 18.2 Å². The van der Waals surface area contributed by atoms with Gasteiger partial charge in [0.05, 0.1) is 10.5 Å². The minimum absolute atomic E-state index is 0.0221. The molecule has 1 aromatic rings. The van der Waals surface area contributed by atoms with E-state index in [1.165, 1.54) is 18.2 Å². The monoisotopic (exact) mass is 277 g/mol. The molecule has 1 unspecified atom stereocenters. The summed E-state index contributed by atoms with van der Waals surface area (Å²) < 4.78 is 5.54. The van der Waals surface area contributed by atoms with E-state index in [0.717, 1.165) is 0 Å². The number of ether oxygens (including phenoxy) is 1. The summed E-state index contributed by atoms with van der Waals surface area (Å²) in [5.74, 6) is 0.910. The van der Waals surface area contributed by atoms with Gasteiger partial charge in [0.2, 0.25) is 0 Å². The van der Waals surface area contributed by atoms with Crippen LogP contribution in [0.25, 0.3) is 0 Å². The van der Waals surface area contributed by atoms with Gasteiger partial charge in [-0.15, -0.1) is 10.5 Å². The van der Waals surface area contributed by atoms with Gasteiger partial charge in [0.15, 0.2) is 6.29 Å². The first-order valence-corrected chi connectivity index (χ1v) is 6.96. The van der Waals surface area contributed by atoms with Crippen molar-refractivity contribution in [3.8, 4) is 5.75 Å². The van der Waals surface area contributed by atoms with E-state index >= 15 is 0 Å². The molecular weight excluding hydrogens is 266 g/mol. The number of nitro groups is 1. The number of rotatable bonds is 5. The first-order valence-electron chi connectivity index (χ1n) is 5.44. The number of nitro benzene ring substituents is 1. The first kappa shape index (κ1) is 13.2. The van der Waals surface area contributed by atoms with Gasteiger partial charge in [-0.3, -0.25) is 14.9 Å². The molecule has 19 heavy (non-hydrogen) atoms. The van der Waals surface area contributed by atoms with Crippen LogP contribution in [0.4, 0.5) is 5.69 Å². The Kier molecular flexibility index (Phi) is 4.25. The highest BCUT2D eigenvalue weighted by atomic mass is 32.2. The van der Waals surface area contributed by atoms with Crippen molar-refractivity contribution in [2.24, 2.45) is 0 Å². The van der Waals surface area contributed by atoms with Crippen LogP contribution in [0.2, 0.25) is 0 Å². The summed E-state index contributed by atoms with van der Waals surface area (Å²) >= 11 is 0. The lowest BCUT2D eigenvalue weighted by Gasteiger charge is -2.09. The lowest BCUT2D eigenvalue weighted by Crippen LogP contribution is -1.98. The van der Waals surface area contributed by atoms with E-state index in [2.05, 4.69) is 0 Å². The molecule has 1 aliphatic heterocycles. The van der Waals surface area contributed by atoms with E-state index in [9.17, 15) is 14.9 Å². The number of nitrogens with zero attached hydrogens (tertiary/aromatic N) is 1. The van der Waals surface area contributed by atoms with Crippen LogP contribution in [0.3, 0.4) is 0 Å². The Morgan fingerprint density at radius 2 is 2.16 bits per heavy atom. The number of benzene rings is 1. The summed E-state index contributed by atoms with van der Waals surface area (Å²) in [5.41, 5.74) is -0.189. The molecule has 98 valence electrons. The third-order valence-electron chi connectivity index (χ3n) is 2.41. The van der Waals surface area contributed by atoms with Crippen molar-refractivity contribution < 1.29 is 14.5 Å². The highest BCUT2D eigenvalue weighted by Crippen LogP contribution is 2.25. The fourth-order valence-electron chi connectivity index (χ4n) is 1.50. The fourth-order valence-corrected chi connectivity index (χ4v) is 2.60. The van der Waals surface area contributed by atoms with Gasteiger partial charge < -0.3 is 4.74 Å². The third-order valence-corrected chi connectivity index (χ3v) is 3.82. The Morgan fingerprint density at radius 1 is 1.32 bits per heavy atom. The zero-order valence-corrected chi connectivity index (χ0v) is 10.7. The highest BCUT2D eigenvalue weighted by molar-refractivity contribution is 8.17. The van der Waals surface area contributed by atoms with Gasteiger partial charge in [0.25, 0.3) is 5.69 Å². The van der Waals surface area contributed by atoms with Crippen LogP contribution in [-0.2, 0) is 0 Å². The molecule has 1 aliphatic rings. The summed E-state index contributed by atoms with van der Waals surface area (Å²) in [6.07, 6.45) is 6.28. The van der Waals surface area contributed by atoms with Crippen LogP contribution in [-0.4, -0.2) is 22.5 Å². The highest BCUT2D eigenvalue weighted by Gasteiger charge is 2.13. The van der Waals surface area contributed by atoms with Crippen molar-refractivity contribution in [1.29, 1.82) is 0 Å². The molecule has 0 saturated heterocycles. The number of allylic oxidation sites excluding steroid dienone is 3. The van der Waals surface area contributed by atoms with Gasteiger partial charge >= 0.3 is 0 Å². The van der Waals surface area contributed by atoms with Crippen LogP contribution < -0.4 is 4.74 Å². The fraction of sp³-hybridized carbons (Fsp3) is 0.0769. The van der Waals surface area contributed by atoms with Crippen molar-refractivity contribution in [2.45, 2.75) is 0 Å². The molecule has 1 aromatic carbocycles. The summed E-state index contributed by atoms with van der Waals surface area (Å²) in [7, 11) is -0.105. The van der Waals surface area contributed by atoms with E-state index in [0.29, 0.717) is 18.0 Å². The predicted octanol–water partition coefficient (Wildman–Crippen LogP) is 2.90. The minimum atomic E-state index is -0.586. The van der Waals surface area contributed by atoms with Crippen LogP contribution in [0.15, 0.2) is 41.8 Å². The molecule has 1 heterocycles. The third kappa shape index (κ3) is 3.38. The first-order chi connectivity index (χ1) is 9.20. The number of hydrogen-bond acceptors (Lipinski definition) is 4.